The van der Waals surface area contributed by atoms with Gasteiger partial charge in [0.25, 0.3) is 0 Å². The van der Waals surface area contributed by atoms with E-state index in [-0.39, 0.29) is 39.1 Å². The Morgan fingerprint density at radius 3 is 2.69 bits per heavy atom. The van der Waals surface area contributed by atoms with Crippen molar-refractivity contribution in [2.45, 2.75) is 20.8 Å². The van der Waals surface area contributed by atoms with Crippen molar-refractivity contribution in [3.05, 3.63) is 40.8 Å². The molecule has 26 heavy (non-hydrogen) atoms. The van der Waals surface area contributed by atoms with Crippen LogP contribution in [0.1, 0.15) is 36.8 Å². The molecule has 0 atom stereocenters. The number of nitrogens with zero attached hydrogens (tertiary/aromatic N) is 2. The van der Waals surface area contributed by atoms with Gasteiger partial charge in [0, 0.05) is 24.4 Å². The summed E-state index contributed by atoms with van der Waals surface area (Å²) in [6.07, 6.45) is 0. The van der Waals surface area contributed by atoms with Crippen LogP contribution in [0.5, 0.6) is 5.75 Å². The van der Waals surface area contributed by atoms with E-state index in [9.17, 15) is 9.18 Å². The fourth-order valence-electron chi connectivity index (χ4n) is 2.89. The van der Waals surface area contributed by atoms with Crippen LogP contribution in [-0.2, 0) is 0 Å². The number of nitrogens with one attached hydrogen (secondary N) is 1. The fraction of sp³-hybridized carbons (Fsp3) is 0.316. The normalized spacial score (nSPS) is 15.2. The smallest absolute Gasteiger partial charge is 0.178 e. The number of hydrogen-bond donors (Lipinski definition) is 1. The molecule has 1 aliphatic heterocycles. The lowest BCUT2D eigenvalue weighted by molar-refractivity contribution is 0.101. The van der Waals surface area contributed by atoms with Gasteiger partial charge in [-0.3, -0.25) is 4.79 Å². The van der Waals surface area contributed by atoms with Crippen molar-refractivity contribution in [2.24, 2.45) is 5.41 Å². The summed E-state index contributed by atoms with van der Waals surface area (Å²) in [5.74, 6) is -0.455. The van der Waals surface area contributed by atoms with Crippen molar-refractivity contribution in [3.63, 3.8) is 0 Å². The second-order valence-electron chi connectivity index (χ2n) is 6.83. The van der Waals surface area contributed by atoms with Crippen molar-refractivity contribution >= 4 is 28.8 Å². The molecule has 1 aromatic heterocycles. The highest BCUT2D eigenvalue weighted by molar-refractivity contribution is 6.32. The van der Waals surface area contributed by atoms with Gasteiger partial charge in [0.1, 0.15) is 11.5 Å². The zero-order chi connectivity index (χ0) is 19.2. The van der Waals surface area contributed by atoms with Crippen molar-refractivity contribution in [1.82, 2.24) is 9.97 Å². The van der Waals surface area contributed by atoms with Gasteiger partial charge >= 0.3 is 0 Å². The van der Waals surface area contributed by atoms with Crippen LogP contribution < -0.4 is 10.1 Å². The van der Waals surface area contributed by atoms with Gasteiger partial charge in [-0.05, 0) is 17.7 Å². The number of fused-ring (bicyclic) bond motifs is 1. The van der Waals surface area contributed by atoms with Crippen molar-refractivity contribution in [3.8, 4) is 17.1 Å². The third kappa shape index (κ3) is 2.84. The van der Waals surface area contributed by atoms with Crippen LogP contribution in [0.2, 0.25) is 5.02 Å². The van der Waals surface area contributed by atoms with Gasteiger partial charge in [-0.15, -0.1) is 0 Å². The highest BCUT2D eigenvalue weighted by atomic mass is 35.5. The number of Topliss-reactive ketones (excluding diaryl/α,β-unsaturated/α-hetero) is 1. The average molecular weight is 376 g/mol. The second kappa shape index (κ2) is 6.36. The molecule has 0 spiro atoms. The zero-order valence-corrected chi connectivity index (χ0v) is 15.8. The lowest BCUT2D eigenvalue weighted by atomic mass is 9.78. The Balaban J connectivity index is 2.26. The molecule has 2 heterocycles. The van der Waals surface area contributed by atoms with Gasteiger partial charge in [-0.2, -0.15) is 0 Å². The second-order valence-corrected chi connectivity index (χ2v) is 7.24. The number of carbonyl (C=O) groups excluding carboxylic acids is 1. The Bertz CT molecular complexity index is 941. The number of aromatic nitrogens is 2. The Kier molecular flexibility index (Phi) is 4.48. The van der Waals surface area contributed by atoms with E-state index in [1.807, 2.05) is 13.8 Å². The minimum absolute atomic E-state index is 0.0847. The number of benzene rings is 1. The number of anilines is 1. The molecule has 0 saturated carbocycles. The maximum Gasteiger partial charge on any atom is 0.178 e. The van der Waals surface area contributed by atoms with Gasteiger partial charge in [-0.25, -0.2) is 14.4 Å². The lowest BCUT2D eigenvalue weighted by Gasteiger charge is -2.35. The quantitative estimate of drug-likeness (QED) is 0.793. The number of methoxy groups -OCH3 is 1. The zero-order valence-electron chi connectivity index (χ0n) is 15.0. The van der Waals surface area contributed by atoms with E-state index in [1.54, 1.807) is 0 Å². The van der Waals surface area contributed by atoms with E-state index in [4.69, 9.17) is 16.3 Å². The summed E-state index contributed by atoms with van der Waals surface area (Å²) < 4.78 is 19.8. The van der Waals surface area contributed by atoms with Crippen LogP contribution in [0.25, 0.3) is 17.0 Å². The molecule has 0 bridgehead atoms. The van der Waals surface area contributed by atoms with E-state index in [2.05, 4.69) is 21.9 Å². The molecule has 0 saturated heterocycles. The topological polar surface area (TPSA) is 64.1 Å². The van der Waals surface area contributed by atoms with E-state index >= 15 is 0 Å². The molecule has 1 aliphatic rings. The first kappa shape index (κ1) is 18.3. The van der Waals surface area contributed by atoms with Crippen molar-refractivity contribution in [1.29, 1.82) is 0 Å². The van der Waals surface area contributed by atoms with Gasteiger partial charge in [-0.1, -0.05) is 32.0 Å². The first-order valence-electron chi connectivity index (χ1n) is 8.06. The fourth-order valence-corrected chi connectivity index (χ4v) is 3.11. The molecule has 136 valence electrons. The number of carbonyl (C=O) groups is 1. The van der Waals surface area contributed by atoms with E-state index < -0.39 is 5.82 Å². The van der Waals surface area contributed by atoms with Gasteiger partial charge in [0.2, 0.25) is 0 Å². The first-order valence-corrected chi connectivity index (χ1v) is 8.44. The molecule has 0 amide bonds. The van der Waals surface area contributed by atoms with Gasteiger partial charge in [0.05, 0.1) is 17.7 Å². The minimum Gasteiger partial charge on any atom is -0.492 e. The molecule has 7 heteroatoms. The van der Waals surface area contributed by atoms with Crippen LogP contribution in [-0.4, -0.2) is 29.4 Å². The monoisotopic (exact) mass is 375 g/mol. The maximum absolute atomic E-state index is 14.8. The summed E-state index contributed by atoms with van der Waals surface area (Å²) >= 11 is 5.95. The van der Waals surface area contributed by atoms with Crippen molar-refractivity contribution < 1.29 is 13.9 Å². The maximum atomic E-state index is 14.8. The Morgan fingerprint density at radius 2 is 2.08 bits per heavy atom. The molecular weight excluding hydrogens is 357 g/mol. The molecule has 0 fully saturated rings. The van der Waals surface area contributed by atoms with E-state index in [1.165, 1.54) is 26.2 Å². The number of halogens is 2. The summed E-state index contributed by atoms with van der Waals surface area (Å²) in [6, 6.07) is 2.97. The number of rotatable bonds is 3. The molecule has 1 aromatic carbocycles. The number of hydrogen-bond acceptors (Lipinski definition) is 5. The Hall–Kier alpha value is -2.47. The third-order valence-corrected chi connectivity index (χ3v) is 4.85. The van der Waals surface area contributed by atoms with E-state index in [0.717, 1.165) is 5.57 Å². The standard InChI is InChI=1S/C19H19ClFN3O2/c1-9-13-15(10(2)25)23-17(24-18(13)22-8-19(9,3)4)11-6-7-12(20)16(26-5)14(11)21/h6-7H,1,8H2,2-5H3,(H,22,23,24). The van der Waals surface area contributed by atoms with Crippen LogP contribution in [0.4, 0.5) is 10.2 Å². The first-order chi connectivity index (χ1) is 12.2. The molecule has 0 aliphatic carbocycles. The third-order valence-electron chi connectivity index (χ3n) is 4.55. The summed E-state index contributed by atoms with van der Waals surface area (Å²) in [6.45, 7) is 10.2. The molecule has 5 nitrogen and oxygen atoms in total. The van der Waals surface area contributed by atoms with Crippen LogP contribution in [0.15, 0.2) is 18.7 Å². The SMILES string of the molecule is C=C1c2c(nc(-c3ccc(Cl)c(OC)c3F)nc2C(C)=O)NCC1(C)C. The number of ketones is 1. The van der Waals surface area contributed by atoms with E-state index in [0.29, 0.717) is 17.9 Å². The predicted octanol–water partition coefficient (Wildman–Crippen LogP) is 4.61. The average Bonchev–Trinajstić information content (AvgIpc) is 2.58. The molecule has 0 radical (unpaired) electrons. The van der Waals surface area contributed by atoms with Gasteiger partial charge < -0.3 is 10.1 Å². The summed E-state index contributed by atoms with van der Waals surface area (Å²) in [4.78, 5) is 21.0. The number of ether oxygens (including phenoxy) is 1. The molecular formula is C19H19ClFN3O2. The summed E-state index contributed by atoms with van der Waals surface area (Å²) in [7, 11) is 1.33. The van der Waals surface area contributed by atoms with Crippen LogP contribution in [0.3, 0.4) is 0 Å². The molecule has 2 aromatic rings. The Morgan fingerprint density at radius 1 is 1.38 bits per heavy atom. The highest BCUT2D eigenvalue weighted by Crippen LogP contribution is 2.43. The minimum atomic E-state index is -0.676. The van der Waals surface area contributed by atoms with Gasteiger partial charge in [0.15, 0.2) is 23.2 Å². The summed E-state index contributed by atoms with van der Waals surface area (Å²) in [5, 5.41) is 3.35. The predicted molar refractivity (Wildman–Crippen MR) is 100 cm³/mol. The molecule has 3 rings (SSSR count). The molecule has 0 unspecified atom stereocenters. The van der Waals surface area contributed by atoms with Crippen molar-refractivity contribution in [2.75, 3.05) is 19.0 Å². The largest absolute Gasteiger partial charge is 0.492 e. The molecule has 1 N–H and O–H groups in total. The highest BCUT2D eigenvalue weighted by Gasteiger charge is 2.34. The summed E-state index contributed by atoms with van der Waals surface area (Å²) in [5.41, 5.74) is 1.42. The van der Waals surface area contributed by atoms with Crippen LogP contribution in [0, 0.1) is 11.2 Å². The van der Waals surface area contributed by atoms with Crippen LogP contribution >= 0.6 is 11.6 Å². The lowest BCUT2D eigenvalue weighted by Crippen LogP contribution is -2.31. The Labute approximate surface area is 156 Å².